The molecular weight excluding hydrogens is 462 g/mol. The van der Waals surface area contributed by atoms with Crippen molar-refractivity contribution >= 4 is 43.9 Å². The van der Waals surface area contributed by atoms with Gasteiger partial charge in [0.1, 0.15) is 5.60 Å². The van der Waals surface area contributed by atoms with E-state index < -0.39 is 15.4 Å². The van der Waals surface area contributed by atoms with E-state index in [1.54, 1.807) is 28.6 Å². The zero-order valence-corrected chi connectivity index (χ0v) is 20.8. The van der Waals surface area contributed by atoms with Gasteiger partial charge in [-0.25, -0.2) is 18.2 Å². The summed E-state index contributed by atoms with van der Waals surface area (Å²) >= 11 is 1.32. The molecule has 0 atom stereocenters. The third-order valence-corrected chi connectivity index (χ3v) is 6.90. The quantitative estimate of drug-likeness (QED) is 0.628. The number of allylic oxidation sites excluding steroid dienone is 1. The van der Waals surface area contributed by atoms with Crippen molar-refractivity contribution in [2.75, 3.05) is 24.7 Å². The molecule has 10 heteroatoms. The minimum absolute atomic E-state index is 0.0790. The number of hydrogen-bond acceptors (Lipinski definition) is 7. The summed E-state index contributed by atoms with van der Waals surface area (Å²) in [6.45, 7) is 6.57. The molecule has 33 heavy (non-hydrogen) atoms. The molecule has 178 valence electrons. The van der Waals surface area contributed by atoms with Crippen LogP contribution in [-0.2, 0) is 19.4 Å². The molecule has 0 spiro atoms. The van der Waals surface area contributed by atoms with Gasteiger partial charge in [0.25, 0.3) is 5.91 Å². The normalized spacial score (nSPS) is 15.9. The van der Waals surface area contributed by atoms with Gasteiger partial charge in [-0.05, 0) is 57.2 Å². The second-order valence-electron chi connectivity index (χ2n) is 8.97. The minimum Gasteiger partial charge on any atom is -0.444 e. The van der Waals surface area contributed by atoms with Crippen molar-refractivity contribution < 1.29 is 22.7 Å². The summed E-state index contributed by atoms with van der Waals surface area (Å²) in [7, 11) is -3.34. The number of carbonyl (C=O) groups excluding carboxylic acids is 2. The maximum Gasteiger partial charge on any atom is 0.410 e. The summed E-state index contributed by atoms with van der Waals surface area (Å²) in [5.74, 6) is -0.234. The number of nitrogens with one attached hydrogen (secondary N) is 1. The Morgan fingerprint density at radius 1 is 1.18 bits per heavy atom. The van der Waals surface area contributed by atoms with Crippen LogP contribution in [0.15, 0.2) is 46.8 Å². The predicted octanol–water partition coefficient (Wildman–Crippen LogP) is 4.22. The number of aromatic nitrogens is 1. The fraction of sp³-hybridized carbons (Fsp3) is 0.435. The molecule has 1 aromatic heterocycles. The summed E-state index contributed by atoms with van der Waals surface area (Å²) in [6.07, 6.45) is 5.71. The molecule has 2 heterocycles. The number of likely N-dealkylation sites (tertiary alicyclic amines) is 1. The lowest BCUT2D eigenvalue weighted by atomic mass is 9.92. The highest BCUT2D eigenvalue weighted by molar-refractivity contribution is 7.90. The van der Waals surface area contributed by atoms with Crippen LogP contribution in [0.1, 0.15) is 39.2 Å². The molecular formula is C23H29N3O5S2. The van der Waals surface area contributed by atoms with Crippen LogP contribution in [0.4, 0.5) is 9.93 Å². The van der Waals surface area contributed by atoms with Gasteiger partial charge in [-0.2, -0.15) is 0 Å². The number of hydrogen-bond donors (Lipinski definition) is 1. The van der Waals surface area contributed by atoms with E-state index in [2.05, 4.69) is 10.3 Å². The predicted molar refractivity (Wildman–Crippen MR) is 129 cm³/mol. The van der Waals surface area contributed by atoms with E-state index in [0.717, 1.165) is 6.26 Å². The average Bonchev–Trinajstić information content (AvgIpc) is 3.23. The summed E-state index contributed by atoms with van der Waals surface area (Å²) in [5.41, 5.74) is 0.513. The second kappa shape index (κ2) is 10.0. The maximum atomic E-state index is 13.1. The number of piperidine rings is 1. The minimum atomic E-state index is -3.34. The molecule has 1 N–H and O–H groups in total. The lowest BCUT2D eigenvalue weighted by Crippen LogP contribution is -2.41. The number of carbonyl (C=O) groups is 2. The van der Waals surface area contributed by atoms with E-state index in [-0.39, 0.29) is 22.8 Å². The molecule has 2 aromatic rings. The first kappa shape index (κ1) is 24.9. The van der Waals surface area contributed by atoms with Crippen molar-refractivity contribution in [3.05, 3.63) is 47.5 Å². The van der Waals surface area contributed by atoms with Crippen LogP contribution in [0.3, 0.4) is 0 Å². The van der Waals surface area contributed by atoms with Crippen LogP contribution in [0.25, 0.3) is 5.57 Å². The van der Waals surface area contributed by atoms with E-state index in [1.165, 1.54) is 23.5 Å². The Kier molecular flexibility index (Phi) is 7.58. The highest BCUT2D eigenvalue weighted by Gasteiger charge is 2.27. The first-order valence-corrected chi connectivity index (χ1v) is 13.4. The summed E-state index contributed by atoms with van der Waals surface area (Å²) in [5, 5.41) is 5.06. The van der Waals surface area contributed by atoms with E-state index in [1.807, 2.05) is 26.8 Å². The molecule has 0 saturated carbocycles. The second-order valence-corrected chi connectivity index (χ2v) is 11.9. The number of rotatable bonds is 5. The number of nitrogens with zero attached hydrogens (tertiary/aromatic N) is 2. The summed E-state index contributed by atoms with van der Waals surface area (Å²) < 4.78 is 29.1. The number of anilines is 1. The zero-order valence-electron chi connectivity index (χ0n) is 19.2. The van der Waals surface area contributed by atoms with Crippen LogP contribution in [-0.4, -0.2) is 55.2 Å². The molecule has 2 amide bonds. The topological polar surface area (TPSA) is 106 Å². The van der Waals surface area contributed by atoms with Gasteiger partial charge in [-0.1, -0.05) is 18.2 Å². The number of sulfone groups is 1. The van der Waals surface area contributed by atoms with Crippen LogP contribution in [0.2, 0.25) is 0 Å². The first-order valence-electron chi connectivity index (χ1n) is 10.6. The number of ether oxygens (including phenoxy) is 1. The van der Waals surface area contributed by atoms with Gasteiger partial charge in [0.2, 0.25) is 0 Å². The Labute approximate surface area is 198 Å². The third kappa shape index (κ3) is 7.13. The number of amides is 2. The Morgan fingerprint density at radius 2 is 1.82 bits per heavy atom. The molecule has 1 fully saturated rings. The van der Waals surface area contributed by atoms with Crippen molar-refractivity contribution in [3.63, 3.8) is 0 Å². The molecule has 1 aliphatic rings. The Bertz CT molecular complexity index is 1110. The van der Waals surface area contributed by atoms with E-state index in [0.29, 0.717) is 42.2 Å². The van der Waals surface area contributed by atoms with Gasteiger partial charge in [-0.3, -0.25) is 10.1 Å². The molecule has 1 saturated heterocycles. The van der Waals surface area contributed by atoms with Crippen LogP contribution in [0.5, 0.6) is 0 Å². The Morgan fingerprint density at radius 3 is 2.33 bits per heavy atom. The largest absolute Gasteiger partial charge is 0.444 e. The lowest BCUT2D eigenvalue weighted by molar-refractivity contribution is -0.111. The number of thiazole rings is 1. The Balaban J connectivity index is 1.79. The van der Waals surface area contributed by atoms with Crippen molar-refractivity contribution in [2.24, 2.45) is 5.92 Å². The van der Waals surface area contributed by atoms with E-state index >= 15 is 0 Å². The molecule has 8 nitrogen and oxygen atoms in total. The molecule has 0 radical (unpaired) electrons. The van der Waals surface area contributed by atoms with Gasteiger partial charge < -0.3 is 9.64 Å². The van der Waals surface area contributed by atoms with E-state index in [9.17, 15) is 18.0 Å². The summed E-state index contributed by atoms with van der Waals surface area (Å²) in [6, 6.07) is 6.28. The van der Waals surface area contributed by atoms with Crippen LogP contribution in [0, 0.1) is 5.92 Å². The molecule has 0 aliphatic carbocycles. The van der Waals surface area contributed by atoms with Crippen molar-refractivity contribution in [1.82, 2.24) is 9.88 Å². The molecule has 3 rings (SSSR count). The fourth-order valence-electron chi connectivity index (χ4n) is 3.45. The fourth-order valence-corrected chi connectivity index (χ4v) is 4.60. The highest BCUT2D eigenvalue weighted by atomic mass is 32.2. The van der Waals surface area contributed by atoms with Crippen molar-refractivity contribution in [2.45, 2.75) is 44.1 Å². The lowest BCUT2D eigenvalue weighted by Gasteiger charge is -2.32. The van der Waals surface area contributed by atoms with Crippen LogP contribution < -0.4 is 5.32 Å². The maximum absolute atomic E-state index is 13.1. The SMILES string of the molecule is CC(C)(C)OC(=O)N1CCC(/C=C(/C(=O)Nc2nccs2)c2ccc(S(C)(=O)=O)cc2)CC1. The third-order valence-electron chi connectivity index (χ3n) is 5.08. The molecule has 1 aliphatic heterocycles. The highest BCUT2D eigenvalue weighted by Crippen LogP contribution is 2.27. The standard InChI is InChI=1S/C23H29N3O5S2/c1-23(2,3)31-22(28)26-12-9-16(10-13-26)15-19(20(27)25-21-24-11-14-32-21)17-5-7-18(8-6-17)33(4,29)30/h5-8,11,14-16H,9-10,12-13H2,1-4H3,(H,24,25,27)/b19-15+. The first-order chi connectivity index (χ1) is 15.4. The molecule has 0 bridgehead atoms. The van der Waals surface area contributed by atoms with Crippen LogP contribution >= 0.6 is 11.3 Å². The van der Waals surface area contributed by atoms with Crippen molar-refractivity contribution in [1.29, 1.82) is 0 Å². The van der Waals surface area contributed by atoms with Crippen molar-refractivity contribution in [3.8, 4) is 0 Å². The van der Waals surface area contributed by atoms with Gasteiger partial charge in [0, 0.05) is 36.5 Å². The number of benzene rings is 1. The smallest absolute Gasteiger partial charge is 0.410 e. The zero-order chi connectivity index (χ0) is 24.2. The van der Waals surface area contributed by atoms with Gasteiger partial charge in [0.15, 0.2) is 15.0 Å². The average molecular weight is 492 g/mol. The Hall–Kier alpha value is -2.72. The van der Waals surface area contributed by atoms with E-state index in [4.69, 9.17) is 4.74 Å². The van der Waals surface area contributed by atoms with Gasteiger partial charge in [-0.15, -0.1) is 11.3 Å². The monoisotopic (exact) mass is 491 g/mol. The molecule has 0 unspecified atom stereocenters. The molecule has 1 aromatic carbocycles. The van der Waals surface area contributed by atoms with Gasteiger partial charge in [0.05, 0.1) is 4.90 Å². The summed E-state index contributed by atoms with van der Waals surface area (Å²) in [4.78, 5) is 31.4. The van der Waals surface area contributed by atoms with Gasteiger partial charge >= 0.3 is 6.09 Å².